The quantitative estimate of drug-likeness (QED) is 0.830. The van der Waals surface area contributed by atoms with Gasteiger partial charge in [0.15, 0.2) is 0 Å². The molecule has 0 N–H and O–H groups in total. The van der Waals surface area contributed by atoms with Crippen molar-refractivity contribution >= 4 is 5.91 Å². The minimum Gasteiger partial charge on any atom is -0.473 e. The lowest BCUT2D eigenvalue weighted by Gasteiger charge is -2.13. The van der Waals surface area contributed by atoms with Crippen molar-refractivity contribution in [3.8, 4) is 5.88 Å². The third-order valence-corrected chi connectivity index (χ3v) is 3.80. The Morgan fingerprint density at radius 1 is 1.60 bits per heavy atom. The zero-order chi connectivity index (χ0) is 14.1. The van der Waals surface area contributed by atoms with Gasteiger partial charge in [0.05, 0.1) is 11.9 Å². The first-order chi connectivity index (χ1) is 9.72. The van der Waals surface area contributed by atoms with Gasteiger partial charge in [0.1, 0.15) is 6.61 Å². The molecule has 0 saturated heterocycles. The number of fused-ring (bicyclic) bond motifs is 1. The van der Waals surface area contributed by atoms with Gasteiger partial charge in [-0.15, -0.1) is 0 Å². The molecule has 0 bridgehead atoms. The van der Waals surface area contributed by atoms with Crippen LogP contribution in [0, 0.1) is 0 Å². The van der Waals surface area contributed by atoms with E-state index in [9.17, 15) is 9.18 Å². The van der Waals surface area contributed by atoms with E-state index in [1.54, 1.807) is 12.3 Å². The number of hydrogen-bond acceptors (Lipinski definition) is 3. The topological polar surface area (TPSA) is 42.4 Å². The molecule has 0 unspecified atom stereocenters. The second-order valence-corrected chi connectivity index (χ2v) is 5.25. The average molecular weight is 276 g/mol. The predicted molar refractivity (Wildman–Crippen MR) is 72.1 cm³/mol. The summed E-state index contributed by atoms with van der Waals surface area (Å²) in [6.45, 7) is 2.70. The maximum atomic E-state index is 12.5. The Hall–Kier alpha value is -1.91. The molecule has 2 aliphatic rings. The molecule has 0 spiro atoms. The van der Waals surface area contributed by atoms with Crippen LogP contribution >= 0.6 is 0 Å². The molecule has 2 heterocycles. The number of carbonyl (C=O) groups is 1. The van der Waals surface area contributed by atoms with E-state index in [4.69, 9.17) is 4.74 Å². The molecule has 0 aromatic carbocycles. The minimum absolute atomic E-state index is 0.0689. The third-order valence-electron chi connectivity index (χ3n) is 3.80. The molecule has 1 saturated carbocycles. The molecule has 1 aromatic heterocycles. The summed E-state index contributed by atoms with van der Waals surface area (Å²) in [6.07, 6.45) is 4.94. The first kappa shape index (κ1) is 13.1. The van der Waals surface area contributed by atoms with Crippen LogP contribution in [0.2, 0.25) is 0 Å². The van der Waals surface area contributed by atoms with Crippen LogP contribution in [-0.4, -0.2) is 28.4 Å². The highest BCUT2D eigenvalue weighted by Crippen LogP contribution is 2.35. The van der Waals surface area contributed by atoms with Crippen LogP contribution in [0.15, 0.2) is 24.2 Å². The molecule has 1 aliphatic heterocycles. The number of aromatic nitrogens is 1. The number of carbonyl (C=O) groups excluding carboxylic acids is 1. The number of pyridine rings is 1. The van der Waals surface area contributed by atoms with Crippen LogP contribution < -0.4 is 4.74 Å². The zero-order valence-corrected chi connectivity index (χ0v) is 11.4. The molecule has 5 heteroatoms. The smallest absolute Gasteiger partial charge is 0.256 e. The standard InChI is InChI=1S/C15H17FN2O2/c1-2-10(6-16)9-20-14-5-11-8-18(12-3-4-12)15(19)13(11)7-17-14/h5-7,12H,2-4,8-9H2,1H3/b10-6-. The summed E-state index contributed by atoms with van der Waals surface area (Å²) in [4.78, 5) is 18.2. The molecular weight excluding hydrogens is 259 g/mol. The van der Waals surface area contributed by atoms with Crippen molar-refractivity contribution in [2.45, 2.75) is 38.8 Å². The maximum Gasteiger partial charge on any atom is 0.256 e. The van der Waals surface area contributed by atoms with E-state index in [0.717, 1.165) is 18.4 Å². The van der Waals surface area contributed by atoms with Crippen molar-refractivity contribution in [3.05, 3.63) is 35.3 Å². The van der Waals surface area contributed by atoms with Crippen LogP contribution in [-0.2, 0) is 6.54 Å². The van der Waals surface area contributed by atoms with Crippen LogP contribution in [0.4, 0.5) is 4.39 Å². The summed E-state index contributed by atoms with van der Waals surface area (Å²) in [5.41, 5.74) is 2.21. The van der Waals surface area contributed by atoms with Gasteiger partial charge in [-0.3, -0.25) is 4.79 Å². The molecule has 20 heavy (non-hydrogen) atoms. The van der Waals surface area contributed by atoms with Gasteiger partial charge in [0, 0.05) is 24.8 Å². The second kappa shape index (κ2) is 5.23. The van der Waals surface area contributed by atoms with Crippen LogP contribution in [0.3, 0.4) is 0 Å². The Kier molecular flexibility index (Phi) is 3.42. The van der Waals surface area contributed by atoms with Gasteiger partial charge in [-0.25, -0.2) is 9.37 Å². The number of amides is 1. The van der Waals surface area contributed by atoms with Crippen molar-refractivity contribution in [1.82, 2.24) is 9.88 Å². The molecule has 1 aromatic rings. The highest BCUT2D eigenvalue weighted by molar-refractivity contribution is 5.98. The fraction of sp³-hybridized carbons (Fsp3) is 0.467. The fourth-order valence-electron chi connectivity index (χ4n) is 2.35. The Labute approximate surface area is 117 Å². The predicted octanol–water partition coefficient (Wildman–Crippen LogP) is 2.84. The Morgan fingerprint density at radius 2 is 2.40 bits per heavy atom. The normalized spacial score (nSPS) is 18.4. The summed E-state index contributed by atoms with van der Waals surface area (Å²) >= 11 is 0. The van der Waals surface area contributed by atoms with Crippen molar-refractivity contribution in [3.63, 3.8) is 0 Å². The highest BCUT2D eigenvalue weighted by Gasteiger charge is 2.38. The van der Waals surface area contributed by atoms with E-state index in [-0.39, 0.29) is 12.5 Å². The number of nitrogens with zero attached hydrogens (tertiary/aromatic N) is 2. The summed E-state index contributed by atoms with van der Waals surface area (Å²) < 4.78 is 17.9. The fourth-order valence-corrected chi connectivity index (χ4v) is 2.35. The van der Waals surface area contributed by atoms with Crippen LogP contribution in [0.25, 0.3) is 0 Å². The third kappa shape index (κ3) is 2.40. The molecule has 4 nitrogen and oxygen atoms in total. The minimum atomic E-state index is 0.0689. The average Bonchev–Trinajstić information content (AvgIpc) is 3.25. The number of hydrogen-bond donors (Lipinski definition) is 0. The van der Waals surface area contributed by atoms with E-state index >= 15 is 0 Å². The summed E-state index contributed by atoms with van der Waals surface area (Å²) in [6, 6.07) is 2.20. The summed E-state index contributed by atoms with van der Waals surface area (Å²) in [5.74, 6) is 0.515. The largest absolute Gasteiger partial charge is 0.473 e. The van der Waals surface area contributed by atoms with Gasteiger partial charge in [-0.05, 0) is 30.4 Å². The van der Waals surface area contributed by atoms with Gasteiger partial charge in [0.2, 0.25) is 5.88 Å². The highest BCUT2D eigenvalue weighted by atomic mass is 19.1. The number of halogens is 1. The zero-order valence-electron chi connectivity index (χ0n) is 11.4. The lowest BCUT2D eigenvalue weighted by Crippen LogP contribution is -2.25. The monoisotopic (exact) mass is 276 g/mol. The molecule has 1 aliphatic carbocycles. The van der Waals surface area contributed by atoms with Crippen molar-refractivity contribution in [2.24, 2.45) is 0 Å². The van der Waals surface area contributed by atoms with Gasteiger partial charge < -0.3 is 9.64 Å². The molecule has 0 atom stereocenters. The van der Waals surface area contributed by atoms with E-state index in [1.807, 2.05) is 11.8 Å². The van der Waals surface area contributed by atoms with E-state index < -0.39 is 0 Å². The van der Waals surface area contributed by atoms with Crippen molar-refractivity contribution in [1.29, 1.82) is 0 Å². The van der Waals surface area contributed by atoms with Gasteiger partial charge in [0.25, 0.3) is 5.91 Å². The van der Waals surface area contributed by atoms with Crippen molar-refractivity contribution < 1.29 is 13.9 Å². The number of rotatable bonds is 5. The lowest BCUT2D eigenvalue weighted by molar-refractivity contribution is 0.0766. The first-order valence-corrected chi connectivity index (χ1v) is 6.93. The Balaban J connectivity index is 1.71. The molecular formula is C15H17FN2O2. The summed E-state index contributed by atoms with van der Waals surface area (Å²) in [5, 5.41) is 0. The Bertz CT molecular complexity index is 567. The lowest BCUT2D eigenvalue weighted by atomic mass is 10.2. The second-order valence-electron chi connectivity index (χ2n) is 5.25. The van der Waals surface area contributed by atoms with Gasteiger partial charge >= 0.3 is 0 Å². The molecule has 0 radical (unpaired) electrons. The van der Waals surface area contributed by atoms with Crippen molar-refractivity contribution in [2.75, 3.05) is 6.61 Å². The molecule has 1 fully saturated rings. The van der Waals surface area contributed by atoms with E-state index in [1.165, 1.54) is 0 Å². The van der Waals surface area contributed by atoms with Crippen LogP contribution in [0.5, 0.6) is 5.88 Å². The maximum absolute atomic E-state index is 12.5. The van der Waals surface area contributed by atoms with E-state index in [2.05, 4.69) is 4.98 Å². The molecule has 3 rings (SSSR count). The van der Waals surface area contributed by atoms with E-state index in [0.29, 0.717) is 42.4 Å². The number of ether oxygens (including phenoxy) is 1. The van der Waals surface area contributed by atoms with Gasteiger partial charge in [-0.2, -0.15) is 0 Å². The molecule has 1 amide bonds. The summed E-state index contributed by atoms with van der Waals surface area (Å²) in [7, 11) is 0. The van der Waals surface area contributed by atoms with Gasteiger partial charge in [-0.1, -0.05) is 6.92 Å². The SMILES string of the molecule is CC/C(=C/F)COc1cc2c(cn1)C(=O)N(C1CC1)C2. The Morgan fingerprint density at radius 3 is 3.05 bits per heavy atom. The van der Waals surface area contributed by atoms with Crippen LogP contribution in [0.1, 0.15) is 42.1 Å². The molecule has 106 valence electrons. The first-order valence-electron chi connectivity index (χ1n) is 6.93.